The van der Waals surface area contributed by atoms with Crippen LogP contribution in [0.15, 0.2) is 256 Å². The standard InChI is InChI=1S/C72H46F5NO2/c1-3-45-13-29-55(30-14-45)79-57-33-17-47(18-34-57)71(67-41-50(74)23-39-69(67)76)63-11-7-5-9-59(63)61-37-27-53(43-65(61)71)78(52-25-21-49(73)22-26-52)54-28-38-62-60-10-6-8-12-64(60)72(66(62)44-54,68-42-51(75)24-40-70(68)77)48-19-35-58(36-20-48)80-56-31-15-46(4-2)16-32-56/h3-44H,1-2H2. The summed E-state index contributed by atoms with van der Waals surface area (Å²) in [6.45, 7) is 7.69. The van der Waals surface area contributed by atoms with Gasteiger partial charge in [0.2, 0.25) is 0 Å². The van der Waals surface area contributed by atoms with E-state index in [9.17, 15) is 0 Å². The van der Waals surface area contributed by atoms with E-state index in [1.165, 1.54) is 24.3 Å². The summed E-state index contributed by atoms with van der Waals surface area (Å²) in [5, 5.41) is 0. The van der Waals surface area contributed by atoms with Crippen LogP contribution in [0.25, 0.3) is 34.4 Å². The molecular formula is C72H46F5NO2. The predicted molar refractivity (Wildman–Crippen MR) is 309 cm³/mol. The minimum Gasteiger partial charge on any atom is -0.457 e. The minimum atomic E-state index is -1.43. The van der Waals surface area contributed by atoms with Gasteiger partial charge in [-0.2, -0.15) is 0 Å². The first kappa shape index (κ1) is 49.5. The summed E-state index contributed by atoms with van der Waals surface area (Å²) >= 11 is 0. The lowest BCUT2D eigenvalue weighted by Gasteiger charge is -2.36. The molecule has 0 saturated heterocycles. The van der Waals surface area contributed by atoms with Gasteiger partial charge >= 0.3 is 0 Å². The number of nitrogens with zero attached hydrogens (tertiary/aromatic N) is 1. The number of hydrogen-bond donors (Lipinski definition) is 0. The van der Waals surface area contributed by atoms with Crippen LogP contribution in [-0.2, 0) is 10.8 Å². The Morgan fingerprint density at radius 1 is 0.312 bits per heavy atom. The highest BCUT2D eigenvalue weighted by Gasteiger charge is 2.50. The third kappa shape index (κ3) is 8.10. The molecule has 0 spiro atoms. The van der Waals surface area contributed by atoms with Gasteiger partial charge in [-0.25, -0.2) is 22.0 Å². The average Bonchev–Trinajstić information content (AvgIpc) is 4.10. The number of fused-ring (bicyclic) bond motifs is 6. The first-order valence-electron chi connectivity index (χ1n) is 26.0. The van der Waals surface area contributed by atoms with Crippen molar-refractivity contribution in [2.75, 3.05) is 4.90 Å². The lowest BCUT2D eigenvalue weighted by Crippen LogP contribution is -2.30. The van der Waals surface area contributed by atoms with E-state index in [2.05, 4.69) is 13.2 Å². The molecule has 0 radical (unpaired) electrons. The zero-order chi connectivity index (χ0) is 54.7. The SMILES string of the molecule is C=Cc1ccc(Oc2ccc(C3(c4cc(F)ccc4F)c4ccccc4-c4ccc(N(c5ccc(F)cc5)c5ccc6c(c5)C(c5ccc(Oc7ccc(C=C)cc7)cc5)(c5cc(F)ccc5F)c5ccccc5-6)cc43)cc2)cc1. The van der Waals surface area contributed by atoms with Crippen LogP contribution in [0.1, 0.15) is 55.6 Å². The highest BCUT2D eigenvalue weighted by Crippen LogP contribution is 2.60. The number of hydrogen-bond acceptors (Lipinski definition) is 3. The number of halogens is 5. The van der Waals surface area contributed by atoms with Crippen LogP contribution in [0.5, 0.6) is 23.0 Å². The molecule has 11 aromatic rings. The van der Waals surface area contributed by atoms with E-state index in [0.717, 1.165) is 68.8 Å². The maximum Gasteiger partial charge on any atom is 0.128 e. The molecule has 0 aromatic heterocycles. The molecule has 2 aliphatic carbocycles. The monoisotopic (exact) mass is 1050 g/mol. The molecule has 0 bridgehead atoms. The summed E-state index contributed by atoms with van der Waals surface area (Å²) in [4.78, 5) is 1.97. The molecule has 0 N–H and O–H groups in total. The van der Waals surface area contributed by atoms with Gasteiger partial charge in [-0.15, -0.1) is 0 Å². The second kappa shape index (κ2) is 19.8. The Hall–Kier alpha value is -10.1. The molecule has 0 heterocycles. The molecule has 13 rings (SSSR count). The molecule has 11 aromatic carbocycles. The first-order valence-corrected chi connectivity index (χ1v) is 26.0. The zero-order valence-corrected chi connectivity index (χ0v) is 42.8. The maximum absolute atomic E-state index is 17.1. The number of benzene rings is 11. The van der Waals surface area contributed by atoms with Crippen LogP contribution in [0.3, 0.4) is 0 Å². The zero-order valence-electron chi connectivity index (χ0n) is 42.8. The smallest absolute Gasteiger partial charge is 0.128 e. The van der Waals surface area contributed by atoms with Gasteiger partial charge in [0, 0.05) is 28.2 Å². The molecule has 3 nitrogen and oxygen atoms in total. The Morgan fingerprint density at radius 3 is 1.06 bits per heavy atom. The normalized spacial score (nSPS) is 15.5. The fraction of sp³-hybridized carbons (Fsp3) is 0.0278. The summed E-state index contributed by atoms with van der Waals surface area (Å²) < 4.78 is 93.6. The molecule has 0 aliphatic heterocycles. The fourth-order valence-electron chi connectivity index (χ4n) is 12.1. The topological polar surface area (TPSA) is 21.7 Å². The summed E-state index contributed by atoms with van der Waals surface area (Å²) in [6.07, 6.45) is 3.50. The number of rotatable bonds is 13. The highest BCUT2D eigenvalue weighted by atomic mass is 19.1. The molecule has 2 unspecified atom stereocenters. The van der Waals surface area contributed by atoms with Gasteiger partial charge in [0.15, 0.2) is 0 Å². The van der Waals surface area contributed by atoms with Crippen molar-refractivity contribution in [3.05, 3.63) is 341 Å². The van der Waals surface area contributed by atoms with Gasteiger partial charge in [-0.05, 0) is 200 Å². The van der Waals surface area contributed by atoms with E-state index < -0.39 is 39.9 Å². The molecule has 0 amide bonds. The summed E-state index contributed by atoms with van der Waals surface area (Å²) in [6, 6.07) is 70.4. The molecule has 2 aliphatic rings. The molecule has 386 valence electrons. The summed E-state index contributed by atoms with van der Waals surface area (Å²) in [7, 11) is 0. The number of anilines is 3. The molecular weight excluding hydrogens is 1010 g/mol. The molecule has 80 heavy (non-hydrogen) atoms. The molecule has 0 fully saturated rings. The lowest BCUT2D eigenvalue weighted by molar-refractivity contribution is 0.481. The van der Waals surface area contributed by atoms with Crippen molar-refractivity contribution in [2.24, 2.45) is 0 Å². The largest absolute Gasteiger partial charge is 0.457 e. The maximum atomic E-state index is 17.1. The molecule has 8 heteroatoms. The van der Waals surface area contributed by atoms with Gasteiger partial charge in [-0.3, -0.25) is 0 Å². The third-order valence-corrected chi connectivity index (χ3v) is 15.6. The van der Waals surface area contributed by atoms with Crippen LogP contribution in [0.2, 0.25) is 0 Å². The van der Waals surface area contributed by atoms with E-state index in [1.807, 2.05) is 187 Å². The van der Waals surface area contributed by atoms with E-state index in [1.54, 1.807) is 24.3 Å². The van der Waals surface area contributed by atoms with Crippen molar-refractivity contribution < 1.29 is 31.4 Å². The lowest BCUT2D eigenvalue weighted by atomic mass is 9.67. The molecule has 0 saturated carbocycles. The van der Waals surface area contributed by atoms with Crippen molar-refractivity contribution in [2.45, 2.75) is 10.8 Å². The van der Waals surface area contributed by atoms with E-state index >= 15 is 22.0 Å². The van der Waals surface area contributed by atoms with Crippen molar-refractivity contribution >= 4 is 29.2 Å². The third-order valence-electron chi connectivity index (χ3n) is 15.6. The van der Waals surface area contributed by atoms with E-state index in [4.69, 9.17) is 9.47 Å². The van der Waals surface area contributed by atoms with Crippen LogP contribution in [-0.4, -0.2) is 0 Å². The van der Waals surface area contributed by atoms with Crippen LogP contribution < -0.4 is 14.4 Å². The van der Waals surface area contributed by atoms with E-state index in [-0.39, 0.29) is 11.1 Å². The highest BCUT2D eigenvalue weighted by molar-refractivity contribution is 5.92. The fourth-order valence-corrected chi connectivity index (χ4v) is 12.1. The van der Waals surface area contributed by atoms with Crippen LogP contribution in [0.4, 0.5) is 39.0 Å². The van der Waals surface area contributed by atoms with E-state index in [0.29, 0.717) is 62.3 Å². The van der Waals surface area contributed by atoms with Gasteiger partial charge in [0.25, 0.3) is 0 Å². The Kier molecular flexibility index (Phi) is 12.2. The van der Waals surface area contributed by atoms with Gasteiger partial charge in [-0.1, -0.05) is 135 Å². The average molecular weight is 1050 g/mol. The Bertz CT molecular complexity index is 3960. The van der Waals surface area contributed by atoms with Gasteiger partial charge < -0.3 is 14.4 Å². The van der Waals surface area contributed by atoms with Crippen molar-refractivity contribution in [3.63, 3.8) is 0 Å². The van der Waals surface area contributed by atoms with Crippen molar-refractivity contribution in [1.29, 1.82) is 0 Å². The molecule has 2 atom stereocenters. The van der Waals surface area contributed by atoms with Gasteiger partial charge in [0.1, 0.15) is 52.1 Å². The second-order valence-electron chi connectivity index (χ2n) is 19.9. The minimum absolute atomic E-state index is 0.0992. The summed E-state index contributed by atoms with van der Waals surface area (Å²) in [5.74, 6) is -0.621. The Morgan fingerprint density at radius 2 is 0.662 bits per heavy atom. The van der Waals surface area contributed by atoms with Crippen LogP contribution >= 0.6 is 0 Å². The van der Waals surface area contributed by atoms with Gasteiger partial charge in [0.05, 0.1) is 10.8 Å². The number of ether oxygens (including phenoxy) is 2. The van der Waals surface area contributed by atoms with Crippen molar-refractivity contribution in [3.8, 4) is 45.3 Å². The predicted octanol–water partition coefficient (Wildman–Crippen LogP) is 19.4. The summed E-state index contributed by atoms with van der Waals surface area (Å²) in [5.41, 5.74) is 8.28. The quantitative estimate of drug-likeness (QED) is 0.107. The van der Waals surface area contributed by atoms with Crippen LogP contribution in [0, 0.1) is 29.1 Å². The first-order chi connectivity index (χ1) is 39.1. The Balaban J connectivity index is 1.02. The Labute approximate surface area is 460 Å². The van der Waals surface area contributed by atoms with Crippen molar-refractivity contribution in [1.82, 2.24) is 0 Å². The second-order valence-corrected chi connectivity index (χ2v) is 19.9.